The summed E-state index contributed by atoms with van der Waals surface area (Å²) >= 11 is 11.1. The Bertz CT molecular complexity index is 1160. The van der Waals surface area contributed by atoms with Gasteiger partial charge >= 0.3 is 0 Å². The minimum atomic E-state index is 0.413. The molecule has 0 aliphatic heterocycles. The molecule has 1 aromatic heterocycles. The van der Waals surface area contributed by atoms with Gasteiger partial charge in [-0.3, -0.25) is 5.43 Å². The van der Waals surface area contributed by atoms with Gasteiger partial charge in [-0.1, -0.05) is 70.0 Å². The van der Waals surface area contributed by atoms with Gasteiger partial charge in [0, 0.05) is 26.0 Å². The summed E-state index contributed by atoms with van der Waals surface area (Å²) in [7, 11) is 0. The molecule has 0 atom stereocenters. The Morgan fingerprint density at radius 2 is 1.90 bits per heavy atom. The Labute approximate surface area is 192 Å². The number of aromatic nitrogens is 1. The van der Waals surface area contributed by atoms with Crippen molar-refractivity contribution in [3.8, 4) is 17.0 Å². The molecule has 1 N–H and O–H groups in total. The number of halogens is 2. The number of hydrazone groups is 1. The first-order valence-corrected chi connectivity index (χ1v) is 11.2. The Hall–Kier alpha value is -2.67. The second-order valence-electron chi connectivity index (χ2n) is 6.37. The molecule has 4 rings (SSSR count). The highest BCUT2D eigenvalue weighted by Crippen LogP contribution is 2.26. The zero-order chi connectivity index (χ0) is 20.8. The molecule has 0 radical (unpaired) electrons. The van der Waals surface area contributed by atoms with E-state index in [4.69, 9.17) is 16.3 Å². The molecule has 4 aromatic rings. The Morgan fingerprint density at radius 3 is 2.73 bits per heavy atom. The van der Waals surface area contributed by atoms with Crippen molar-refractivity contribution in [2.45, 2.75) is 6.61 Å². The minimum absolute atomic E-state index is 0.413. The van der Waals surface area contributed by atoms with Gasteiger partial charge in [-0.2, -0.15) is 5.10 Å². The van der Waals surface area contributed by atoms with Gasteiger partial charge < -0.3 is 4.74 Å². The van der Waals surface area contributed by atoms with Gasteiger partial charge in [0.05, 0.1) is 11.9 Å². The van der Waals surface area contributed by atoms with Crippen LogP contribution in [0.1, 0.15) is 11.1 Å². The molecule has 0 unspecified atom stereocenters. The van der Waals surface area contributed by atoms with Crippen molar-refractivity contribution < 1.29 is 4.74 Å². The van der Waals surface area contributed by atoms with Crippen LogP contribution in [0.4, 0.5) is 5.13 Å². The molecule has 0 saturated heterocycles. The predicted octanol–water partition coefficient (Wildman–Crippen LogP) is 7.25. The normalized spacial score (nSPS) is 11.0. The molecule has 0 aliphatic rings. The van der Waals surface area contributed by atoms with Crippen LogP contribution < -0.4 is 10.2 Å². The van der Waals surface area contributed by atoms with E-state index in [0.717, 1.165) is 37.7 Å². The maximum absolute atomic E-state index is 6.18. The molecule has 150 valence electrons. The van der Waals surface area contributed by atoms with Gasteiger partial charge in [-0.05, 0) is 35.9 Å². The average molecular weight is 499 g/mol. The van der Waals surface area contributed by atoms with Gasteiger partial charge in [0.1, 0.15) is 12.4 Å². The molecule has 1 heterocycles. The average Bonchev–Trinajstić information content (AvgIpc) is 3.23. The van der Waals surface area contributed by atoms with Crippen molar-refractivity contribution in [2.24, 2.45) is 5.10 Å². The molecule has 0 saturated carbocycles. The molecule has 4 nitrogen and oxygen atoms in total. The minimum Gasteiger partial charge on any atom is -0.489 e. The van der Waals surface area contributed by atoms with Gasteiger partial charge in [0.15, 0.2) is 0 Å². The zero-order valence-electron chi connectivity index (χ0n) is 15.8. The van der Waals surface area contributed by atoms with E-state index in [-0.39, 0.29) is 0 Å². The summed E-state index contributed by atoms with van der Waals surface area (Å²) in [5.41, 5.74) is 6.84. The third-order valence-electron chi connectivity index (χ3n) is 4.23. The number of thiazole rings is 1. The van der Waals surface area contributed by atoms with E-state index in [2.05, 4.69) is 31.4 Å². The maximum Gasteiger partial charge on any atom is 0.203 e. The molecule has 0 spiro atoms. The highest BCUT2D eigenvalue weighted by molar-refractivity contribution is 9.10. The fraction of sp³-hybridized carbons (Fsp3) is 0.0435. The number of ether oxygens (including phenoxy) is 1. The fourth-order valence-electron chi connectivity index (χ4n) is 2.70. The number of hydrogen-bond acceptors (Lipinski definition) is 5. The van der Waals surface area contributed by atoms with Gasteiger partial charge in [-0.25, -0.2) is 4.98 Å². The lowest BCUT2D eigenvalue weighted by Crippen LogP contribution is -1.97. The highest BCUT2D eigenvalue weighted by atomic mass is 79.9. The quantitative estimate of drug-likeness (QED) is 0.216. The van der Waals surface area contributed by atoms with Crippen LogP contribution in [0.5, 0.6) is 5.75 Å². The van der Waals surface area contributed by atoms with E-state index in [1.165, 1.54) is 11.3 Å². The number of benzene rings is 3. The SMILES string of the molecule is Clc1ccccc1COc1cccc(/C=N\Nc2nc(-c3ccc(Br)cc3)cs2)c1. The van der Waals surface area contributed by atoms with Gasteiger partial charge in [-0.15, -0.1) is 11.3 Å². The molecule has 3 aromatic carbocycles. The van der Waals surface area contributed by atoms with Crippen molar-refractivity contribution in [1.82, 2.24) is 4.98 Å². The van der Waals surface area contributed by atoms with E-state index in [1.807, 2.05) is 78.2 Å². The molecule has 7 heteroatoms. The van der Waals surface area contributed by atoms with Crippen LogP contribution in [0.2, 0.25) is 5.02 Å². The van der Waals surface area contributed by atoms with Crippen LogP contribution in [0.25, 0.3) is 11.3 Å². The van der Waals surface area contributed by atoms with Crippen molar-refractivity contribution in [3.63, 3.8) is 0 Å². The van der Waals surface area contributed by atoms with Crippen LogP contribution >= 0.6 is 38.9 Å². The lowest BCUT2D eigenvalue weighted by atomic mass is 10.2. The fourth-order valence-corrected chi connectivity index (χ4v) is 3.82. The maximum atomic E-state index is 6.18. The highest BCUT2D eigenvalue weighted by Gasteiger charge is 2.04. The Kier molecular flexibility index (Phi) is 6.79. The first-order valence-electron chi connectivity index (χ1n) is 9.14. The molecule has 0 amide bonds. The third-order valence-corrected chi connectivity index (χ3v) is 5.87. The van der Waals surface area contributed by atoms with E-state index in [1.54, 1.807) is 6.21 Å². The lowest BCUT2D eigenvalue weighted by molar-refractivity contribution is 0.306. The summed E-state index contributed by atoms with van der Waals surface area (Å²) in [6.45, 7) is 0.413. The number of anilines is 1. The third kappa shape index (κ3) is 5.48. The van der Waals surface area contributed by atoms with E-state index >= 15 is 0 Å². The second-order valence-corrected chi connectivity index (χ2v) is 8.55. The van der Waals surface area contributed by atoms with Crippen LogP contribution in [0, 0.1) is 0 Å². The lowest BCUT2D eigenvalue weighted by Gasteiger charge is -2.08. The molecule has 30 heavy (non-hydrogen) atoms. The molecular formula is C23H17BrClN3OS. The number of nitrogens with zero attached hydrogens (tertiary/aromatic N) is 2. The van der Waals surface area contributed by atoms with Crippen molar-refractivity contribution in [3.05, 3.63) is 98.8 Å². The van der Waals surface area contributed by atoms with Crippen LogP contribution in [-0.2, 0) is 6.61 Å². The van der Waals surface area contributed by atoms with Crippen molar-refractivity contribution in [2.75, 3.05) is 5.43 Å². The molecule has 0 aliphatic carbocycles. The monoisotopic (exact) mass is 497 g/mol. The van der Waals surface area contributed by atoms with Gasteiger partial charge in [0.25, 0.3) is 0 Å². The largest absolute Gasteiger partial charge is 0.489 e. The number of nitrogens with one attached hydrogen (secondary N) is 1. The molecular weight excluding hydrogens is 482 g/mol. The van der Waals surface area contributed by atoms with Crippen molar-refractivity contribution in [1.29, 1.82) is 0 Å². The zero-order valence-corrected chi connectivity index (χ0v) is 18.9. The molecule has 0 fully saturated rings. The summed E-state index contributed by atoms with van der Waals surface area (Å²) in [5.74, 6) is 0.755. The van der Waals surface area contributed by atoms with Crippen LogP contribution in [0.3, 0.4) is 0 Å². The van der Waals surface area contributed by atoms with Crippen molar-refractivity contribution >= 4 is 50.2 Å². The summed E-state index contributed by atoms with van der Waals surface area (Å²) in [4.78, 5) is 4.57. The second kappa shape index (κ2) is 9.89. The Balaban J connectivity index is 1.36. The Morgan fingerprint density at radius 1 is 1.07 bits per heavy atom. The summed E-state index contributed by atoms with van der Waals surface area (Å²) in [6, 6.07) is 23.4. The standard InChI is InChI=1S/C23H17BrClN3OS/c24-19-10-8-17(9-11-19)22-15-30-23(27-22)28-26-13-16-4-3-6-20(12-16)29-14-18-5-1-2-7-21(18)25/h1-13,15H,14H2,(H,27,28)/b26-13-. The summed E-state index contributed by atoms with van der Waals surface area (Å²) in [6.07, 6.45) is 1.74. The van der Waals surface area contributed by atoms with Gasteiger partial charge in [0.2, 0.25) is 5.13 Å². The van der Waals surface area contributed by atoms with Crippen LogP contribution in [-0.4, -0.2) is 11.2 Å². The number of hydrogen-bond donors (Lipinski definition) is 1. The van der Waals surface area contributed by atoms with Crippen LogP contribution in [0.15, 0.2) is 87.8 Å². The van der Waals surface area contributed by atoms with E-state index < -0.39 is 0 Å². The first-order chi connectivity index (χ1) is 14.7. The summed E-state index contributed by atoms with van der Waals surface area (Å²) < 4.78 is 6.90. The molecule has 0 bridgehead atoms. The predicted molar refractivity (Wildman–Crippen MR) is 129 cm³/mol. The number of rotatable bonds is 7. The smallest absolute Gasteiger partial charge is 0.203 e. The summed E-state index contributed by atoms with van der Waals surface area (Å²) in [5, 5.41) is 7.73. The topological polar surface area (TPSA) is 46.5 Å². The van der Waals surface area contributed by atoms with E-state index in [0.29, 0.717) is 11.6 Å². The van der Waals surface area contributed by atoms with E-state index in [9.17, 15) is 0 Å². The first kappa shape index (κ1) is 20.6.